The van der Waals surface area contributed by atoms with Gasteiger partial charge in [0.05, 0.1) is 11.2 Å². The lowest BCUT2D eigenvalue weighted by Gasteiger charge is -2.50. The van der Waals surface area contributed by atoms with E-state index in [2.05, 4.69) is 15.2 Å². The Bertz CT molecular complexity index is 1100. The average molecular weight is 413 g/mol. The van der Waals surface area contributed by atoms with Crippen molar-refractivity contribution in [3.8, 4) is 11.3 Å². The number of alkyl halides is 1. The summed E-state index contributed by atoms with van der Waals surface area (Å²) in [7, 11) is 1.66. The van der Waals surface area contributed by atoms with Gasteiger partial charge in [-0.1, -0.05) is 0 Å². The highest BCUT2D eigenvalue weighted by Gasteiger charge is 2.52. The summed E-state index contributed by atoms with van der Waals surface area (Å²) in [4.78, 5) is 17.1. The van der Waals surface area contributed by atoms with Gasteiger partial charge in [-0.15, -0.1) is 10.2 Å². The van der Waals surface area contributed by atoms with Crippen molar-refractivity contribution in [3.05, 3.63) is 71.6 Å². The fourth-order valence-electron chi connectivity index (χ4n) is 3.77. The number of pyridine rings is 1. The monoisotopic (exact) mass is 413 g/mol. The molecule has 1 amide bonds. The third kappa shape index (κ3) is 3.26. The van der Waals surface area contributed by atoms with Gasteiger partial charge in [0, 0.05) is 37.2 Å². The third-order valence-corrected chi connectivity index (χ3v) is 5.48. The summed E-state index contributed by atoms with van der Waals surface area (Å²) < 4.78 is 42.5. The van der Waals surface area contributed by atoms with Crippen molar-refractivity contribution >= 4 is 11.7 Å². The number of carbonyl (C=O) groups is 1. The highest BCUT2D eigenvalue weighted by Crippen LogP contribution is 2.48. The molecule has 1 aromatic carbocycles. The Morgan fingerprint density at radius 1 is 1.13 bits per heavy atom. The fourth-order valence-corrected chi connectivity index (χ4v) is 3.77. The van der Waals surface area contributed by atoms with Gasteiger partial charge in [-0.05, 0) is 42.5 Å². The molecule has 154 valence electrons. The van der Waals surface area contributed by atoms with Crippen LogP contribution >= 0.6 is 0 Å². The molecule has 6 nitrogen and oxygen atoms in total. The van der Waals surface area contributed by atoms with E-state index < -0.39 is 29.3 Å². The molecule has 2 N–H and O–H groups in total. The highest BCUT2D eigenvalue weighted by molar-refractivity contribution is 5.94. The molecule has 2 heterocycles. The first-order chi connectivity index (χ1) is 14.3. The van der Waals surface area contributed by atoms with Gasteiger partial charge in [0.25, 0.3) is 0 Å². The van der Waals surface area contributed by atoms with Crippen LogP contribution in [0.4, 0.5) is 19.0 Å². The number of primary amides is 1. The molecule has 9 heteroatoms. The zero-order valence-electron chi connectivity index (χ0n) is 16.0. The van der Waals surface area contributed by atoms with Crippen LogP contribution in [0, 0.1) is 11.6 Å². The Hall–Kier alpha value is -3.49. The van der Waals surface area contributed by atoms with Crippen LogP contribution in [0.2, 0.25) is 0 Å². The van der Waals surface area contributed by atoms with E-state index in [0.717, 1.165) is 6.07 Å². The SMILES string of the molecule is CN(c1ccc(-c2cc(C(N)=O)ccc2F)nn1)C1(c2ncccc2F)CC(F)C1. The second-order valence-corrected chi connectivity index (χ2v) is 7.27. The number of nitrogens with zero attached hydrogens (tertiary/aromatic N) is 4. The lowest BCUT2D eigenvalue weighted by molar-refractivity contribution is 0.0865. The number of aromatic nitrogens is 3. The van der Waals surface area contributed by atoms with E-state index in [1.807, 2.05) is 0 Å². The first-order valence-electron chi connectivity index (χ1n) is 9.24. The number of rotatable bonds is 5. The van der Waals surface area contributed by atoms with Crippen molar-refractivity contribution in [1.82, 2.24) is 15.2 Å². The molecular weight excluding hydrogens is 395 g/mol. The topological polar surface area (TPSA) is 85.0 Å². The van der Waals surface area contributed by atoms with E-state index in [1.54, 1.807) is 18.0 Å². The van der Waals surface area contributed by atoms with Crippen molar-refractivity contribution in [2.75, 3.05) is 11.9 Å². The largest absolute Gasteiger partial charge is 0.366 e. The molecule has 1 saturated carbocycles. The summed E-state index contributed by atoms with van der Waals surface area (Å²) in [5, 5.41) is 8.17. The predicted octanol–water partition coefficient (Wildman–Crippen LogP) is 3.38. The van der Waals surface area contributed by atoms with Gasteiger partial charge in [0.15, 0.2) is 5.82 Å². The van der Waals surface area contributed by atoms with Crippen LogP contribution < -0.4 is 10.6 Å². The molecule has 1 aliphatic carbocycles. The molecule has 2 aromatic heterocycles. The lowest BCUT2D eigenvalue weighted by atomic mass is 9.71. The number of amides is 1. The van der Waals surface area contributed by atoms with E-state index in [1.165, 1.54) is 36.5 Å². The molecule has 0 unspecified atom stereocenters. The summed E-state index contributed by atoms with van der Waals surface area (Å²) >= 11 is 0. The minimum absolute atomic E-state index is 0.0656. The second-order valence-electron chi connectivity index (χ2n) is 7.27. The van der Waals surface area contributed by atoms with Gasteiger partial charge in [-0.3, -0.25) is 9.78 Å². The van der Waals surface area contributed by atoms with Crippen LogP contribution in [-0.2, 0) is 5.54 Å². The van der Waals surface area contributed by atoms with E-state index in [4.69, 9.17) is 5.73 Å². The van der Waals surface area contributed by atoms with Crippen molar-refractivity contribution < 1.29 is 18.0 Å². The van der Waals surface area contributed by atoms with Crippen LogP contribution in [-0.4, -0.2) is 34.3 Å². The standard InChI is InChI=1S/C21H18F3N5O/c1-29(21(10-13(22)11-21)19-16(24)3-2-8-26-19)18-7-6-17(27-28-18)14-9-12(20(25)30)4-5-15(14)23/h2-9,13H,10-11H2,1H3,(H2,25,30). The van der Waals surface area contributed by atoms with Gasteiger partial charge in [-0.2, -0.15) is 0 Å². The first-order valence-corrected chi connectivity index (χ1v) is 9.24. The van der Waals surface area contributed by atoms with Crippen LogP contribution in [0.3, 0.4) is 0 Å². The number of anilines is 1. The Kier molecular flexibility index (Phi) is 4.89. The predicted molar refractivity (Wildman–Crippen MR) is 104 cm³/mol. The molecule has 1 aliphatic rings. The highest BCUT2D eigenvalue weighted by atomic mass is 19.1. The zero-order chi connectivity index (χ0) is 21.5. The van der Waals surface area contributed by atoms with Gasteiger partial charge in [-0.25, -0.2) is 13.2 Å². The number of carbonyl (C=O) groups excluding carboxylic acids is 1. The zero-order valence-corrected chi connectivity index (χ0v) is 16.0. The summed E-state index contributed by atoms with van der Waals surface area (Å²) in [6, 6.07) is 9.57. The van der Waals surface area contributed by atoms with E-state index in [9.17, 15) is 18.0 Å². The van der Waals surface area contributed by atoms with Crippen LogP contribution in [0.25, 0.3) is 11.3 Å². The molecule has 4 rings (SSSR count). The average Bonchev–Trinajstić information content (AvgIpc) is 2.71. The normalized spacial score (nSPS) is 20.5. The maximum absolute atomic E-state index is 14.4. The quantitative estimate of drug-likeness (QED) is 0.693. The minimum atomic E-state index is -1.08. The molecule has 0 radical (unpaired) electrons. The van der Waals surface area contributed by atoms with Crippen molar-refractivity contribution in [2.45, 2.75) is 24.6 Å². The van der Waals surface area contributed by atoms with Gasteiger partial charge in [0.2, 0.25) is 5.91 Å². The van der Waals surface area contributed by atoms with Crippen LogP contribution in [0.15, 0.2) is 48.7 Å². The number of hydrogen-bond donors (Lipinski definition) is 1. The smallest absolute Gasteiger partial charge is 0.248 e. The number of halogens is 3. The lowest BCUT2D eigenvalue weighted by Crippen LogP contribution is -2.56. The molecule has 0 bridgehead atoms. The molecule has 30 heavy (non-hydrogen) atoms. The summed E-state index contributed by atoms with van der Waals surface area (Å²) in [6.07, 6.45) is 0.515. The molecule has 1 fully saturated rings. The van der Waals surface area contributed by atoms with Crippen molar-refractivity contribution in [1.29, 1.82) is 0 Å². The molecule has 0 spiro atoms. The van der Waals surface area contributed by atoms with E-state index in [0.29, 0.717) is 5.82 Å². The summed E-state index contributed by atoms with van der Waals surface area (Å²) in [5.41, 5.74) is 4.82. The summed E-state index contributed by atoms with van der Waals surface area (Å²) in [5.74, 6) is -1.44. The summed E-state index contributed by atoms with van der Waals surface area (Å²) in [6.45, 7) is 0. The number of hydrogen-bond acceptors (Lipinski definition) is 5. The van der Waals surface area contributed by atoms with Crippen molar-refractivity contribution in [3.63, 3.8) is 0 Å². The molecule has 0 aliphatic heterocycles. The Balaban J connectivity index is 1.68. The molecule has 0 atom stereocenters. The maximum Gasteiger partial charge on any atom is 0.248 e. The van der Waals surface area contributed by atoms with Gasteiger partial charge in [0.1, 0.15) is 23.5 Å². The Labute approximate surface area is 170 Å². The molecule has 3 aromatic rings. The minimum Gasteiger partial charge on any atom is -0.366 e. The maximum atomic E-state index is 14.4. The second kappa shape index (κ2) is 7.40. The Morgan fingerprint density at radius 3 is 2.50 bits per heavy atom. The molecular formula is C21H18F3N5O. The number of nitrogens with two attached hydrogens (primary N) is 1. The van der Waals surface area contributed by atoms with E-state index in [-0.39, 0.29) is 35.4 Å². The number of benzene rings is 1. The van der Waals surface area contributed by atoms with Crippen LogP contribution in [0.5, 0.6) is 0 Å². The van der Waals surface area contributed by atoms with Crippen LogP contribution in [0.1, 0.15) is 28.9 Å². The first kappa shape index (κ1) is 19.8. The van der Waals surface area contributed by atoms with E-state index >= 15 is 0 Å². The van der Waals surface area contributed by atoms with Gasteiger partial charge >= 0.3 is 0 Å². The Morgan fingerprint density at radius 2 is 1.90 bits per heavy atom. The van der Waals surface area contributed by atoms with Gasteiger partial charge < -0.3 is 10.6 Å². The van der Waals surface area contributed by atoms with Crippen molar-refractivity contribution in [2.24, 2.45) is 5.73 Å². The third-order valence-electron chi connectivity index (χ3n) is 5.48. The molecule has 0 saturated heterocycles. The fraction of sp³-hybridized carbons (Fsp3) is 0.238.